The van der Waals surface area contributed by atoms with E-state index in [1.54, 1.807) is 13.2 Å². The fourth-order valence-corrected chi connectivity index (χ4v) is 3.49. The predicted octanol–water partition coefficient (Wildman–Crippen LogP) is 4.77. The van der Waals surface area contributed by atoms with Crippen molar-refractivity contribution in [2.45, 2.75) is 12.2 Å². The topological polar surface area (TPSA) is 24.8 Å². The number of rotatable bonds is 3. The Morgan fingerprint density at radius 3 is 2.62 bits per heavy atom. The molecule has 1 atom stereocenters. The second-order valence-corrected chi connectivity index (χ2v) is 7.03. The summed E-state index contributed by atoms with van der Waals surface area (Å²) >= 11 is 3.42. The van der Waals surface area contributed by atoms with E-state index in [2.05, 4.69) is 20.9 Å². The van der Waals surface area contributed by atoms with Crippen LogP contribution < -0.4 is 4.90 Å². The number of hydrogen-bond donors (Lipinski definition) is 0. The lowest BCUT2D eigenvalue weighted by molar-refractivity contribution is -0.137. The van der Waals surface area contributed by atoms with Crippen LogP contribution in [-0.2, 0) is 10.9 Å². The molecule has 1 unspecified atom stereocenters. The summed E-state index contributed by atoms with van der Waals surface area (Å²) in [5, 5.41) is 0. The smallest absolute Gasteiger partial charge is 0.382 e. The van der Waals surface area contributed by atoms with Gasteiger partial charge in [-0.05, 0) is 24.3 Å². The van der Waals surface area contributed by atoms with Crippen LogP contribution in [0.15, 0.2) is 51.9 Å². The Kier molecular flexibility index (Phi) is 5.39. The molecule has 0 fully saturated rings. The van der Waals surface area contributed by atoms with Gasteiger partial charge in [0.15, 0.2) is 0 Å². The van der Waals surface area contributed by atoms with Crippen molar-refractivity contribution in [3.8, 4) is 0 Å². The summed E-state index contributed by atoms with van der Waals surface area (Å²) in [4.78, 5) is 6.59. The Morgan fingerprint density at radius 2 is 1.92 bits per heavy atom. The Labute approximate surface area is 158 Å². The molecule has 0 aliphatic carbocycles. The highest BCUT2D eigenvalue weighted by Crippen LogP contribution is 2.36. The Morgan fingerprint density at radius 1 is 1.19 bits per heavy atom. The first-order chi connectivity index (χ1) is 12.3. The van der Waals surface area contributed by atoms with E-state index in [1.807, 2.05) is 30.1 Å². The maximum Gasteiger partial charge on any atom is 0.417 e. The van der Waals surface area contributed by atoms with Gasteiger partial charge in [-0.15, -0.1) is 0 Å². The fourth-order valence-electron chi connectivity index (χ4n) is 3.13. The van der Waals surface area contributed by atoms with E-state index in [4.69, 9.17) is 4.74 Å². The molecule has 7 heteroatoms. The number of halogens is 4. The van der Waals surface area contributed by atoms with Gasteiger partial charge in [-0.1, -0.05) is 34.1 Å². The summed E-state index contributed by atoms with van der Waals surface area (Å²) in [6, 6.07) is 11.1. The molecule has 1 aliphatic rings. The molecule has 3 rings (SSSR count). The van der Waals surface area contributed by atoms with Gasteiger partial charge in [0.2, 0.25) is 0 Å². The Hall–Kier alpha value is -1.86. The minimum atomic E-state index is -4.45. The minimum Gasteiger partial charge on any atom is -0.382 e. The molecular formula is C19H18BrF3N2O. The molecule has 0 saturated heterocycles. The summed E-state index contributed by atoms with van der Waals surface area (Å²) in [5.41, 5.74) is 1.24. The van der Waals surface area contributed by atoms with E-state index >= 15 is 0 Å². The van der Waals surface area contributed by atoms with Gasteiger partial charge in [0, 0.05) is 35.4 Å². The minimum absolute atomic E-state index is 0.0597. The van der Waals surface area contributed by atoms with Crippen LogP contribution >= 0.6 is 15.9 Å². The van der Waals surface area contributed by atoms with Gasteiger partial charge in [0.05, 0.1) is 30.5 Å². The lowest BCUT2D eigenvalue weighted by Crippen LogP contribution is -2.37. The first-order valence-electron chi connectivity index (χ1n) is 8.05. The van der Waals surface area contributed by atoms with Gasteiger partial charge >= 0.3 is 6.18 Å². The third-order valence-corrected chi connectivity index (χ3v) is 4.94. The van der Waals surface area contributed by atoms with Crippen LogP contribution in [0.4, 0.5) is 18.9 Å². The Bertz CT molecular complexity index is 836. The molecule has 0 bridgehead atoms. The summed E-state index contributed by atoms with van der Waals surface area (Å²) < 4.78 is 46.7. The number of benzene rings is 2. The average molecular weight is 427 g/mol. The molecule has 1 aliphatic heterocycles. The zero-order valence-corrected chi connectivity index (χ0v) is 15.9. The predicted molar refractivity (Wildman–Crippen MR) is 100 cm³/mol. The van der Waals surface area contributed by atoms with Crippen LogP contribution in [0.2, 0.25) is 0 Å². The fraction of sp³-hybridized carbons (Fsp3) is 0.316. The molecule has 0 spiro atoms. The van der Waals surface area contributed by atoms with E-state index in [9.17, 15) is 13.2 Å². The number of anilines is 1. The molecule has 0 radical (unpaired) electrons. The molecule has 26 heavy (non-hydrogen) atoms. The third kappa shape index (κ3) is 3.64. The maximum absolute atomic E-state index is 13.5. The summed E-state index contributed by atoms with van der Waals surface area (Å²) in [7, 11) is 3.51. The van der Waals surface area contributed by atoms with Gasteiger partial charge in [-0.3, -0.25) is 4.99 Å². The molecule has 0 saturated carbocycles. The largest absolute Gasteiger partial charge is 0.417 e. The lowest BCUT2D eigenvalue weighted by atomic mass is 9.96. The SMILES string of the molecule is COCC1CN=C(c2ccccc2C(F)(F)F)c2cc(Br)ccc2N1C. The van der Waals surface area contributed by atoms with E-state index in [0.29, 0.717) is 24.4 Å². The van der Waals surface area contributed by atoms with E-state index < -0.39 is 11.7 Å². The highest BCUT2D eigenvalue weighted by atomic mass is 79.9. The number of nitrogens with zero attached hydrogens (tertiary/aromatic N) is 2. The third-order valence-electron chi connectivity index (χ3n) is 4.45. The first kappa shape index (κ1) is 18.9. The van der Waals surface area contributed by atoms with E-state index in [0.717, 1.165) is 16.2 Å². The van der Waals surface area contributed by atoms with Crippen LogP contribution in [0.5, 0.6) is 0 Å². The molecule has 2 aromatic rings. The second-order valence-electron chi connectivity index (χ2n) is 6.11. The number of alkyl halides is 3. The first-order valence-corrected chi connectivity index (χ1v) is 8.85. The average Bonchev–Trinajstić information content (AvgIpc) is 2.72. The van der Waals surface area contributed by atoms with Crippen molar-refractivity contribution in [2.75, 3.05) is 32.2 Å². The number of fused-ring (bicyclic) bond motifs is 1. The number of aliphatic imine (C=N–C) groups is 1. The van der Waals surface area contributed by atoms with E-state index in [-0.39, 0.29) is 11.6 Å². The molecule has 3 nitrogen and oxygen atoms in total. The zero-order chi connectivity index (χ0) is 18.9. The molecule has 0 N–H and O–H groups in total. The molecule has 0 aromatic heterocycles. The van der Waals surface area contributed by atoms with Crippen molar-refractivity contribution in [3.63, 3.8) is 0 Å². The van der Waals surface area contributed by atoms with Crippen molar-refractivity contribution < 1.29 is 17.9 Å². The molecule has 0 amide bonds. The summed E-state index contributed by atoms with van der Waals surface area (Å²) in [5.74, 6) is 0. The summed E-state index contributed by atoms with van der Waals surface area (Å²) in [6.45, 7) is 0.780. The van der Waals surface area contributed by atoms with Crippen molar-refractivity contribution in [2.24, 2.45) is 4.99 Å². The van der Waals surface area contributed by atoms with E-state index in [1.165, 1.54) is 12.1 Å². The Balaban J connectivity index is 2.22. The highest BCUT2D eigenvalue weighted by Gasteiger charge is 2.35. The van der Waals surface area contributed by atoms with Gasteiger partial charge in [0.25, 0.3) is 0 Å². The zero-order valence-electron chi connectivity index (χ0n) is 14.3. The van der Waals surface area contributed by atoms with Crippen LogP contribution in [-0.4, -0.2) is 39.1 Å². The number of benzodiazepines with no additional fused rings is 1. The number of likely N-dealkylation sites (N-methyl/N-ethyl adjacent to an activating group) is 1. The number of ether oxygens (including phenoxy) is 1. The lowest BCUT2D eigenvalue weighted by Gasteiger charge is -2.28. The van der Waals surface area contributed by atoms with Gasteiger partial charge in [0.1, 0.15) is 0 Å². The molecule has 1 heterocycles. The van der Waals surface area contributed by atoms with Crippen LogP contribution in [0, 0.1) is 0 Å². The molecular weight excluding hydrogens is 409 g/mol. The van der Waals surface area contributed by atoms with Crippen LogP contribution in [0.1, 0.15) is 16.7 Å². The standard InChI is InChI=1S/C19H18BrF3N2O/c1-25-13(11-26-2)10-24-18(15-9-12(20)7-8-17(15)25)14-5-3-4-6-16(14)19(21,22)23/h3-9,13H,10-11H2,1-2H3. The second kappa shape index (κ2) is 7.40. The maximum atomic E-state index is 13.5. The normalized spacial score (nSPS) is 17.5. The number of methoxy groups -OCH3 is 1. The van der Waals surface area contributed by atoms with Crippen molar-refractivity contribution in [1.29, 1.82) is 0 Å². The van der Waals surface area contributed by atoms with Gasteiger partial charge in [-0.2, -0.15) is 13.2 Å². The summed E-state index contributed by atoms with van der Waals surface area (Å²) in [6.07, 6.45) is -4.45. The van der Waals surface area contributed by atoms with Gasteiger partial charge in [-0.25, -0.2) is 0 Å². The number of hydrogen-bond acceptors (Lipinski definition) is 3. The van der Waals surface area contributed by atoms with Crippen molar-refractivity contribution in [1.82, 2.24) is 0 Å². The monoisotopic (exact) mass is 426 g/mol. The van der Waals surface area contributed by atoms with Crippen LogP contribution in [0.25, 0.3) is 0 Å². The van der Waals surface area contributed by atoms with Gasteiger partial charge < -0.3 is 9.64 Å². The quantitative estimate of drug-likeness (QED) is 0.705. The van der Waals surface area contributed by atoms with Crippen LogP contribution in [0.3, 0.4) is 0 Å². The van der Waals surface area contributed by atoms with Crippen molar-refractivity contribution in [3.05, 3.63) is 63.6 Å². The van der Waals surface area contributed by atoms with Crippen molar-refractivity contribution >= 4 is 27.3 Å². The highest BCUT2D eigenvalue weighted by molar-refractivity contribution is 9.10. The molecule has 138 valence electrons. The molecule has 2 aromatic carbocycles.